The van der Waals surface area contributed by atoms with E-state index in [1.165, 1.54) is 30.2 Å². The number of anilines is 3. The summed E-state index contributed by atoms with van der Waals surface area (Å²) in [6.07, 6.45) is 2.54. The molecule has 3 N–H and O–H groups in total. The van der Waals surface area contributed by atoms with Crippen LogP contribution in [0, 0.1) is 0 Å². The fraction of sp³-hybridized carbons (Fsp3) is 0.214. The Morgan fingerprint density at radius 3 is 2.35 bits per heavy atom. The third-order valence-corrected chi connectivity index (χ3v) is 6.40. The number of carbonyl (C=O) groups is 2. The van der Waals surface area contributed by atoms with Crippen LogP contribution in [0.2, 0.25) is 0 Å². The van der Waals surface area contributed by atoms with E-state index in [-0.39, 0.29) is 11.8 Å². The minimum absolute atomic E-state index is 0.342. The number of nitrogens with two attached hydrogens (primary N) is 1. The maximum absolute atomic E-state index is 13.5. The lowest BCUT2D eigenvalue weighted by Crippen LogP contribution is -2.31. The molecule has 2 amide bonds. The molecule has 6 heteroatoms. The number of rotatable bonds is 5. The van der Waals surface area contributed by atoms with Crippen molar-refractivity contribution in [3.8, 4) is 0 Å². The summed E-state index contributed by atoms with van der Waals surface area (Å²) in [6.45, 7) is 4.65. The molecule has 3 aromatic rings. The number of imide groups is 1. The highest BCUT2D eigenvalue weighted by atomic mass is 16.2. The Hall–Kier alpha value is -3.90. The fourth-order valence-electron chi connectivity index (χ4n) is 4.76. The second-order valence-electron chi connectivity index (χ2n) is 8.86. The zero-order valence-corrected chi connectivity index (χ0v) is 19.3. The molecule has 3 aromatic carbocycles. The van der Waals surface area contributed by atoms with Gasteiger partial charge in [0.2, 0.25) is 5.91 Å². The third-order valence-electron chi connectivity index (χ3n) is 6.40. The second kappa shape index (κ2) is 9.15. The third kappa shape index (κ3) is 4.20. The van der Waals surface area contributed by atoms with Crippen molar-refractivity contribution in [1.29, 1.82) is 0 Å². The number of nitrogens with zero attached hydrogens (tertiary/aromatic N) is 2. The van der Waals surface area contributed by atoms with Crippen LogP contribution in [0.5, 0.6) is 0 Å². The monoisotopic (exact) mass is 452 g/mol. The zero-order chi connectivity index (χ0) is 23.7. The number of nitrogens with one attached hydrogen (secondary N) is 1. The van der Waals surface area contributed by atoms with Gasteiger partial charge in [0.1, 0.15) is 0 Å². The molecule has 0 aromatic heterocycles. The summed E-state index contributed by atoms with van der Waals surface area (Å²) in [4.78, 5) is 29.6. The number of amides is 2. The van der Waals surface area contributed by atoms with E-state index in [1.54, 1.807) is 12.1 Å². The van der Waals surface area contributed by atoms with Crippen LogP contribution >= 0.6 is 0 Å². The van der Waals surface area contributed by atoms with Crippen LogP contribution in [0.15, 0.2) is 72.8 Å². The molecule has 2 aliphatic rings. The van der Waals surface area contributed by atoms with Gasteiger partial charge in [-0.25, -0.2) is 4.90 Å². The van der Waals surface area contributed by atoms with Crippen LogP contribution in [-0.4, -0.2) is 29.8 Å². The van der Waals surface area contributed by atoms with E-state index in [1.807, 2.05) is 48.5 Å². The van der Waals surface area contributed by atoms with Crippen molar-refractivity contribution in [3.63, 3.8) is 0 Å². The lowest BCUT2D eigenvalue weighted by Gasteiger charge is -2.17. The van der Waals surface area contributed by atoms with E-state index in [0.717, 1.165) is 30.9 Å². The van der Waals surface area contributed by atoms with Gasteiger partial charge in [0.05, 0.1) is 17.0 Å². The zero-order valence-electron chi connectivity index (χ0n) is 19.3. The molecule has 0 aliphatic carbocycles. The number of carbonyl (C=O) groups excluding carboxylic acids is 2. The molecule has 0 radical (unpaired) electrons. The van der Waals surface area contributed by atoms with Crippen LogP contribution in [0.1, 0.15) is 36.5 Å². The van der Waals surface area contributed by atoms with E-state index in [0.29, 0.717) is 28.2 Å². The number of hydrogen-bond donors (Lipinski definition) is 2. The predicted octanol–water partition coefficient (Wildman–Crippen LogP) is 4.74. The summed E-state index contributed by atoms with van der Waals surface area (Å²) in [6, 6.07) is 23.3. The van der Waals surface area contributed by atoms with Crippen LogP contribution in [0.25, 0.3) is 11.3 Å². The standard InChI is InChI=1S/C28H28N4O2/c1-19(33)32-25-17-22(29)11-14-24(25)26(28(32)34)27(21-7-3-2-4-8-21)30-23-12-9-20(10-13-23)18-31-15-5-6-16-31/h2-4,7-14,17,30H,5-6,15-16,18,29H2,1H3/b27-26-. The Morgan fingerprint density at radius 2 is 1.68 bits per heavy atom. The molecule has 1 saturated heterocycles. The molecule has 0 bridgehead atoms. The van der Waals surface area contributed by atoms with Gasteiger partial charge in [-0.3, -0.25) is 14.5 Å². The summed E-state index contributed by atoms with van der Waals surface area (Å²) < 4.78 is 0. The number of benzene rings is 3. The SMILES string of the molecule is CC(=O)N1C(=O)/C(=C(\Nc2ccc(CN3CCCC3)cc2)c2ccccc2)c2ccc(N)cc21. The van der Waals surface area contributed by atoms with Gasteiger partial charge in [0.25, 0.3) is 5.91 Å². The highest BCUT2D eigenvalue weighted by Crippen LogP contribution is 2.42. The van der Waals surface area contributed by atoms with E-state index in [4.69, 9.17) is 5.73 Å². The molecular formula is C28H28N4O2. The highest BCUT2D eigenvalue weighted by molar-refractivity contribution is 6.43. The van der Waals surface area contributed by atoms with Gasteiger partial charge in [-0.1, -0.05) is 42.5 Å². The summed E-state index contributed by atoms with van der Waals surface area (Å²) in [7, 11) is 0. The Balaban J connectivity index is 1.56. The number of nitrogen functional groups attached to an aromatic ring is 1. The van der Waals surface area contributed by atoms with Gasteiger partial charge in [-0.05, 0) is 67.4 Å². The molecular weight excluding hydrogens is 424 g/mol. The summed E-state index contributed by atoms with van der Waals surface area (Å²) in [5.74, 6) is -0.698. The van der Waals surface area contributed by atoms with Gasteiger partial charge in [-0.2, -0.15) is 0 Å². The molecule has 2 heterocycles. The van der Waals surface area contributed by atoms with Crippen molar-refractivity contribution in [2.45, 2.75) is 26.3 Å². The summed E-state index contributed by atoms with van der Waals surface area (Å²) in [5.41, 5.74) is 11.8. The van der Waals surface area contributed by atoms with Crippen LogP contribution in [0.3, 0.4) is 0 Å². The first-order valence-corrected chi connectivity index (χ1v) is 11.6. The second-order valence-corrected chi connectivity index (χ2v) is 8.86. The minimum atomic E-state index is -0.356. The number of likely N-dealkylation sites (tertiary alicyclic amines) is 1. The first kappa shape index (κ1) is 21.9. The average molecular weight is 453 g/mol. The predicted molar refractivity (Wildman–Crippen MR) is 137 cm³/mol. The van der Waals surface area contributed by atoms with Crippen molar-refractivity contribution in [2.24, 2.45) is 0 Å². The summed E-state index contributed by atoms with van der Waals surface area (Å²) >= 11 is 0. The largest absolute Gasteiger partial charge is 0.399 e. The maximum atomic E-state index is 13.5. The van der Waals surface area contributed by atoms with Gasteiger partial charge in [-0.15, -0.1) is 0 Å². The Morgan fingerprint density at radius 1 is 0.971 bits per heavy atom. The molecule has 0 unspecified atom stereocenters. The topological polar surface area (TPSA) is 78.7 Å². The highest BCUT2D eigenvalue weighted by Gasteiger charge is 2.37. The molecule has 0 atom stereocenters. The minimum Gasteiger partial charge on any atom is -0.399 e. The molecule has 172 valence electrons. The van der Waals surface area contributed by atoms with E-state index in [9.17, 15) is 9.59 Å². The molecule has 5 rings (SSSR count). The maximum Gasteiger partial charge on any atom is 0.267 e. The lowest BCUT2D eigenvalue weighted by molar-refractivity contribution is -0.122. The molecule has 0 saturated carbocycles. The molecule has 2 aliphatic heterocycles. The molecule has 34 heavy (non-hydrogen) atoms. The summed E-state index contributed by atoms with van der Waals surface area (Å²) in [5, 5.41) is 3.48. The normalized spacial score (nSPS) is 17.1. The first-order chi connectivity index (χ1) is 16.5. The Kier molecular flexibility index (Phi) is 5.90. The average Bonchev–Trinajstić information content (AvgIpc) is 3.44. The lowest BCUT2D eigenvalue weighted by atomic mass is 9.99. The van der Waals surface area contributed by atoms with E-state index >= 15 is 0 Å². The number of hydrogen-bond acceptors (Lipinski definition) is 5. The number of fused-ring (bicyclic) bond motifs is 1. The van der Waals surface area contributed by atoms with Crippen LogP contribution < -0.4 is 16.0 Å². The van der Waals surface area contributed by atoms with Crippen molar-refractivity contribution in [2.75, 3.05) is 29.0 Å². The first-order valence-electron chi connectivity index (χ1n) is 11.6. The molecule has 0 spiro atoms. The van der Waals surface area contributed by atoms with Gasteiger partial charge >= 0.3 is 0 Å². The van der Waals surface area contributed by atoms with E-state index < -0.39 is 0 Å². The Bertz CT molecular complexity index is 1260. The van der Waals surface area contributed by atoms with Gasteiger partial charge in [0.15, 0.2) is 0 Å². The van der Waals surface area contributed by atoms with Gasteiger partial charge < -0.3 is 11.1 Å². The molecule has 1 fully saturated rings. The molecule has 6 nitrogen and oxygen atoms in total. The smallest absolute Gasteiger partial charge is 0.267 e. The van der Waals surface area contributed by atoms with E-state index in [2.05, 4.69) is 22.3 Å². The fourth-order valence-corrected chi connectivity index (χ4v) is 4.76. The van der Waals surface area contributed by atoms with Crippen molar-refractivity contribution in [1.82, 2.24) is 4.90 Å². The van der Waals surface area contributed by atoms with Crippen molar-refractivity contribution < 1.29 is 9.59 Å². The quantitative estimate of drug-likeness (QED) is 0.432. The van der Waals surface area contributed by atoms with Gasteiger partial charge in [0, 0.05) is 30.4 Å². The van der Waals surface area contributed by atoms with Crippen molar-refractivity contribution in [3.05, 3.63) is 89.5 Å². The Labute approximate surface area is 199 Å². The van der Waals surface area contributed by atoms with Crippen molar-refractivity contribution >= 4 is 40.1 Å². The van der Waals surface area contributed by atoms with Crippen LogP contribution in [0.4, 0.5) is 17.1 Å². The van der Waals surface area contributed by atoms with Crippen LogP contribution in [-0.2, 0) is 16.1 Å².